The van der Waals surface area contributed by atoms with Crippen LogP contribution < -0.4 is 11.1 Å². The van der Waals surface area contributed by atoms with Crippen molar-refractivity contribution in [2.75, 3.05) is 19.6 Å². The maximum atomic E-state index is 12.2. The number of carbonyl (C=O) groups excluding carboxylic acids is 1. The van der Waals surface area contributed by atoms with Crippen molar-refractivity contribution in [3.63, 3.8) is 0 Å². The molecule has 1 fully saturated rings. The zero-order chi connectivity index (χ0) is 16.3. The highest BCUT2D eigenvalue weighted by molar-refractivity contribution is 5.85. The Hall–Kier alpha value is -0.360. The smallest absolute Gasteiger partial charge is 0.239 e. The lowest BCUT2D eigenvalue weighted by Gasteiger charge is -2.45. The maximum Gasteiger partial charge on any atom is 0.239 e. The summed E-state index contributed by atoms with van der Waals surface area (Å²) in [7, 11) is 0. The standard InChI is InChI=1S/C16H33N3O2.ClH/c1-7-8-16(6,17)14(20)18-11-15(4,5)19-9-12(2)21-13(3)10-19;/h12-13H,7-11,17H2,1-6H3,(H,18,20);1H. The monoisotopic (exact) mass is 335 g/mol. The maximum absolute atomic E-state index is 12.2. The fourth-order valence-electron chi connectivity index (χ4n) is 2.92. The van der Waals surface area contributed by atoms with Crippen molar-refractivity contribution in [2.45, 2.75) is 77.7 Å². The Morgan fingerprint density at radius 2 is 1.77 bits per heavy atom. The molecule has 3 N–H and O–H groups in total. The predicted molar refractivity (Wildman–Crippen MR) is 93.4 cm³/mol. The Labute approximate surface area is 141 Å². The number of amides is 1. The number of hydrogen-bond donors (Lipinski definition) is 2. The Bertz CT molecular complexity index is 351. The fourth-order valence-corrected chi connectivity index (χ4v) is 2.92. The quantitative estimate of drug-likeness (QED) is 0.778. The Morgan fingerprint density at radius 1 is 1.27 bits per heavy atom. The minimum atomic E-state index is -0.781. The molecule has 3 unspecified atom stereocenters. The van der Waals surface area contributed by atoms with E-state index in [1.54, 1.807) is 6.92 Å². The number of hydrogen-bond acceptors (Lipinski definition) is 4. The predicted octanol–water partition coefficient (Wildman–Crippen LogP) is 1.93. The average Bonchev–Trinajstić information content (AvgIpc) is 2.34. The van der Waals surface area contributed by atoms with Gasteiger partial charge in [0.05, 0.1) is 17.7 Å². The molecule has 0 aliphatic carbocycles. The first-order valence-corrected chi connectivity index (χ1v) is 8.06. The topological polar surface area (TPSA) is 67.6 Å². The minimum absolute atomic E-state index is 0. The number of carbonyl (C=O) groups is 1. The molecule has 0 bridgehead atoms. The molecule has 1 amide bonds. The number of nitrogens with one attached hydrogen (secondary N) is 1. The van der Waals surface area contributed by atoms with Gasteiger partial charge in [-0.1, -0.05) is 13.3 Å². The van der Waals surface area contributed by atoms with Gasteiger partial charge in [-0.3, -0.25) is 9.69 Å². The van der Waals surface area contributed by atoms with Gasteiger partial charge in [0.2, 0.25) is 5.91 Å². The van der Waals surface area contributed by atoms with Crippen molar-refractivity contribution in [3.8, 4) is 0 Å². The summed E-state index contributed by atoms with van der Waals surface area (Å²) in [4.78, 5) is 14.6. The van der Waals surface area contributed by atoms with Gasteiger partial charge in [0.25, 0.3) is 0 Å². The van der Waals surface area contributed by atoms with Gasteiger partial charge < -0.3 is 15.8 Å². The lowest BCUT2D eigenvalue weighted by Crippen LogP contribution is -2.61. The largest absolute Gasteiger partial charge is 0.373 e. The summed E-state index contributed by atoms with van der Waals surface area (Å²) in [5.74, 6) is -0.0632. The van der Waals surface area contributed by atoms with Crippen LogP contribution in [0.15, 0.2) is 0 Å². The molecule has 6 heteroatoms. The molecule has 1 aliphatic heterocycles. The Balaban J connectivity index is 0.00000441. The summed E-state index contributed by atoms with van der Waals surface area (Å²) in [6.45, 7) is 14.7. The van der Waals surface area contributed by atoms with Crippen molar-refractivity contribution in [1.29, 1.82) is 0 Å². The highest BCUT2D eigenvalue weighted by atomic mass is 35.5. The van der Waals surface area contributed by atoms with E-state index in [-0.39, 0.29) is 36.1 Å². The summed E-state index contributed by atoms with van der Waals surface area (Å²) in [5, 5.41) is 3.03. The number of rotatable bonds is 6. The molecular formula is C16H34ClN3O2. The molecule has 1 heterocycles. The van der Waals surface area contributed by atoms with Crippen LogP contribution >= 0.6 is 12.4 Å². The van der Waals surface area contributed by atoms with E-state index in [0.29, 0.717) is 13.0 Å². The van der Waals surface area contributed by atoms with E-state index in [4.69, 9.17) is 10.5 Å². The molecule has 0 aromatic carbocycles. The third-order valence-electron chi connectivity index (χ3n) is 4.25. The second-order valence-corrected chi connectivity index (χ2v) is 7.32. The van der Waals surface area contributed by atoms with E-state index < -0.39 is 5.54 Å². The normalized spacial score (nSPS) is 26.0. The molecule has 1 rings (SSSR count). The number of halogens is 1. The van der Waals surface area contributed by atoms with E-state index >= 15 is 0 Å². The Kier molecular flexibility index (Phi) is 8.34. The molecule has 0 aromatic rings. The lowest BCUT2D eigenvalue weighted by molar-refractivity contribution is -0.127. The molecule has 22 heavy (non-hydrogen) atoms. The molecule has 0 radical (unpaired) electrons. The first-order chi connectivity index (χ1) is 9.58. The van der Waals surface area contributed by atoms with E-state index in [1.165, 1.54) is 0 Å². The average molecular weight is 336 g/mol. The van der Waals surface area contributed by atoms with Gasteiger partial charge in [-0.05, 0) is 41.0 Å². The second-order valence-electron chi connectivity index (χ2n) is 7.32. The zero-order valence-corrected chi connectivity index (χ0v) is 15.8. The SMILES string of the molecule is CCCC(C)(N)C(=O)NCC(C)(C)N1CC(C)OC(C)C1.Cl. The molecule has 1 aliphatic rings. The number of nitrogens with two attached hydrogens (primary N) is 1. The summed E-state index contributed by atoms with van der Waals surface area (Å²) >= 11 is 0. The van der Waals surface area contributed by atoms with Crippen molar-refractivity contribution in [1.82, 2.24) is 10.2 Å². The van der Waals surface area contributed by atoms with Crippen LogP contribution in [0.1, 0.15) is 54.4 Å². The third-order valence-corrected chi connectivity index (χ3v) is 4.25. The fraction of sp³-hybridized carbons (Fsp3) is 0.938. The van der Waals surface area contributed by atoms with Crippen molar-refractivity contribution >= 4 is 18.3 Å². The van der Waals surface area contributed by atoms with Crippen LogP contribution in [0.5, 0.6) is 0 Å². The van der Waals surface area contributed by atoms with E-state index in [0.717, 1.165) is 19.5 Å². The van der Waals surface area contributed by atoms with Crippen LogP contribution in [-0.4, -0.2) is 53.7 Å². The summed E-state index contributed by atoms with van der Waals surface area (Å²) in [6, 6.07) is 0. The third kappa shape index (κ3) is 6.03. The lowest BCUT2D eigenvalue weighted by atomic mass is 9.95. The first-order valence-electron chi connectivity index (χ1n) is 8.06. The molecule has 5 nitrogen and oxygen atoms in total. The van der Waals surface area contributed by atoms with Crippen LogP contribution in [0, 0.1) is 0 Å². The molecular weight excluding hydrogens is 302 g/mol. The van der Waals surface area contributed by atoms with E-state index in [9.17, 15) is 4.79 Å². The van der Waals surface area contributed by atoms with E-state index in [1.807, 2.05) is 6.92 Å². The van der Waals surface area contributed by atoms with Crippen LogP contribution in [-0.2, 0) is 9.53 Å². The van der Waals surface area contributed by atoms with Gasteiger partial charge in [0, 0.05) is 25.2 Å². The van der Waals surface area contributed by atoms with Gasteiger partial charge in [-0.2, -0.15) is 0 Å². The van der Waals surface area contributed by atoms with Gasteiger partial charge in [0.15, 0.2) is 0 Å². The summed E-state index contributed by atoms with van der Waals surface area (Å²) in [5.41, 5.74) is 5.19. The van der Waals surface area contributed by atoms with Gasteiger partial charge in [-0.25, -0.2) is 0 Å². The van der Waals surface area contributed by atoms with Crippen LogP contribution in [0.2, 0.25) is 0 Å². The van der Waals surface area contributed by atoms with E-state index in [2.05, 4.69) is 37.9 Å². The first kappa shape index (κ1) is 21.6. The molecule has 132 valence electrons. The highest BCUT2D eigenvalue weighted by Crippen LogP contribution is 2.21. The van der Waals surface area contributed by atoms with Crippen LogP contribution in [0.4, 0.5) is 0 Å². The minimum Gasteiger partial charge on any atom is -0.373 e. The molecule has 0 spiro atoms. The molecule has 0 saturated carbocycles. The summed E-state index contributed by atoms with van der Waals surface area (Å²) in [6.07, 6.45) is 2.06. The number of nitrogens with zero attached hydrogens (tertiary/aromatic N) is 1. The molecule has 3 atom stereocenters. The number of ether oxygens (including phenoxy) is 1. The highest BCUT2D eigenvalue weighted by Gasteiger charge is 2.35. The van der Waals surface area contributed by atoms with Crippen molar-refractivity contribution < 1.29 is 9.53 Å². The summed E-state index contributed by atoms with van der Waals surface area (Å²) < 4.78 is 5.77. The van der Waals surface area contributed by atoms with Crippen LogP contribution in [0.3, 0.4) is 0 Å². The van der Waals surface area contributed by atoms with Gasteiger partial charge >= 0.3 is 0 Å². The second kappa shape index (κ2) is 8.48. The van der Waals surface area contributed by atoms with Crippen LogP contribution in [0.25, 0.3) is 0 Å². The molecule has 0 aromatic heterocycles. The number of morpholine rings is 1. The Morgan fingerprint density at radius 3 is 2.23 bits per heavy atom. The van der Waals surface area contributed by atoms with Gasteiger partial charge in [-0.15, -0.1) is 12.4 Å². The zero-order valence-electron chi connectivity index (χ0n) is 14.9. The van der Waals surface area contributed by atoms with Crippen molar-refractivity contribution in [2.24, 2.45) is 5.73 Å². The molecule has 1 saturated heterocycles. The van der Waals surface area contributed by atoms with Crippen molar-refractivity contribution in [3.05, 3.63) is 0 Å². The van der Waals surface area contributed by atoms with Gasteiger partial charge in [0.1, 0.15) is 0 Å².